The molecule has 0 radical (unpaired) electrons. The summed E-state index contributed by atoms with van der Waals surface area (Å²) in [6.07, 6.45) is 1.89. The topological polar surface area (TPSA) is 60.3 Å². The Kier molecular flexibility index (Phi) is 4.84. The monoisotopic (exact) mass is 336 g/mol. The molecule has 2 aromatic carbocycles. The molecule has 1 heterocycles. The molecule has 3 rings (SSSR count). The number of rotatable bonds is 5. The molecule has 0 spiro atoms. The summed E-state index contributed by atoms with van der Waals surface area (Å²) in [6.45, 7) is 3.26. The van der Waals surface area contributed by atoms with Crippen LogP contribution in [-0.4, -0.2) is 23.6 Å². The molecule has 0 aliphatic carbocycles. The summed E-state index contributed by atoms with van der Waals surface area (Å²) in [5.74, 6) is -0.483. The van der Waals surface area contributed by atoms with E-state index < -0.39 is 0 Å². The molecule has 5 heteroatoms. The lowest BCUT2D eigenvalue weighted by Crippen LogP contribution is -2.22. The minimum Gasteiger partial charge on any atom is -0.465 e. The van der Waals surface area contributed by atoms with Gasteiger partial charge in [0.15, 0.2) is 0 Å². The number of benzene rings is 2. The fourth-order valence-corrected chi connectivity index (χ4v) is 2.84. The van der Waals surface area contributed by atoms with E-state index in [1.54, 1.807) is 12.1 Å². The van der Waals surface area contributed by atoms with Gasteiger partial charge in [-0.15, -0.1) is 0 Å². The first kappa shape index (κ1) is 16.8. The first-order chi connectivity index (χ1) is 12.1. The molecule has 0 atom stereocenters. The smallest absolute Gasteiger partial charge is 0.337 e. The zero-order chi connectivity index (χ0) is 17.8. The van der Waals surface area contributed by atoms with Crippen molar-refractivity contribution in [1.29, 1.82) is 0 Å². The number of para-hydroxylation sites is 1. The van der Waals surface area contributed by atoms with Crippen LogP contribution in [0.2, 0.25) is 0 Å². The molecule has 0 bridgehead atoms. The Balaban J connectivity index is 1.74. The number of amides is 1. The number of hydrogen-bond acceptors (Lipinski definition) is 3. The van der Waals surface area contributed by atoms with Crippen molar-refractivity contribution in [3.05, 3.63) is 71.4 Å². The van der Waals surface area contributed by atoms with Crippen molar-refractivity contribution in [2.24, 2.45) is 0 Å². The Morgan fingerprint density at radius 3 is 2.48 bits per heavy atom. The molecule has 0 aliphatic heterocycles. The third-order valence-electron chi connectivity index (χ3n) is 4.20. The van der Waals surface area contributed by atoms with Crippen molar-refractivity contribution in [1.82, 2.24) is 9.88 Å². The SMILES string of the molecule is CCn1cc(C(=O)NCc2ccc(C(=O)OC)cc2)c2ccccc21. The van der Waals surface area contributed by atoms with E-state index in [0.717, 1.165) is 23.0 Å². The fourth-order valence-electron chi connectivity index (χ4n) is 2.84. The van der Waals surface area contributed by atoms with Gasteiger partial charge < -0.3 is 14.6 Å². The first-order valence-corrected chi connectivity index (χ1v) is 8.17. The lowest BCUT2D eigenvalue weighted by atomic mass is 10.1. The molecule has 128 valence electrons. The maximum atomic E-state index is 12.6. The number of aromatic nitrogens is 1. The Bertz CT molecular complexity index is 910. The minimum atomic E-state index is -0.372. The van der Waals surface area contributed by atoms with E-state index >= 15 is 0 Å². The fraction of sp³-hybridized carbons (Fsp3) is 0.200. The number of nitrogens with one attached hydrogen (secondary N) is 1. The highest BCUT2D eigenvalue weighted by Crippen LogP contribution is 2.21. The molecule has 0 saturated carbocycles. The predicted octanol–water partition coefficient (Wildman–Crippen LogP) is 3.38. The lowest BCUT2D eigenvalue weighted by molar-refractivity contribution is 0.0600. The van der Waals surface area contributed by atoms with Gasteiger partial charge in [-0.2, -0.15) is 0 Å². The molecule has 0 unspecified atom stereocenters. The number of carbonyl (C=O) groups excluding carboxylic acids is 2. The van der Waals surface area contributed by atoms with Gasteiger partial charge in [-0.25, -0.2) is 4.79 Å². The van der Waals surface area contributed by atoms with Crippen LogP contribution in [-0.2, 0) is 17.8 Å². The molecule has 3 aromatic rings. The highest BCUT2D eigenvalue weighted by Gasteiger charge is 2.14. The van der Waals surface area contributed by atoms with Gasteiger partial charge in [0.05, 0.1) is 18.2 Å². The zero-order valence-corrected chi connectivity index (χ0v) is 14.3. The van der Waals surface area contributed by atoms with E-state index in [2.05, 4.69) is 21.5 Å². The van der Waals surface area contributed by atoms with Gasteiger partial charge in [-0.05, 0) is 30.7 Å². The predicted molar refractivity (Wildman–Crippen MR) is 96.6 cm³/mol. The number of esters is 1. The Labute approximate surface area is 146 Å². The van der Waals surface area contributed by atoms with Crippen molar-refractivity contribution in [2.45, 2.75) is 20.0 Å². The van der Waals surface area contributed by atoms with Gasteiger partial charge >= 0.3 is 5.97 Å². The Morgan fingerprint density at radius 2 is 1.80 bits per heavy atom. The number of ether oxygens (including phenoxy) is 1. The van der Waals surface area contributed by atoms with E-state index in [9.17, 15) is 9.59 Å². The summed E-state index contributed by atoms with van der Waals surface area (Å²) >= 11 is 0. The summed E-state index contributed by atoms with van der Waals surface area (Å²) in [5.41, 5.74) is 3.13. The Morgan fingerprint density at radius 1 is 1.08 bits per heavy atom. The molecule has 0 fully saturated rings. The van der Waals surface area contributed by atoms with Crippen LogP contribution in [0, 0.1) is 0 Å². The molecule has 1 aromatic heterocycles. The highest BCUT2D eigenvalue weighted by atomic mass is 16.5. The summed E-state index contributed by atoms with van der Waals surface area (Å²) in [5, 5.41) is 3.89. The normalized spacial score (nSPS) is 10.6. The molecule has 1 amide bonds. The van der Waals surface area contributed by atoms with E-state index in [4.69, 9.17) is 0 Å². The van der Waals surface area contributed by atoms with Crippen molar-refractivity contribution in [3.63, 3.8) is 0 Å². The van der Waals surface area contributed by atoms with Crippen LogP contribution in [0.15, 0.2) is 54.7 Å². The van der Waals surface area contributed by atoms with Crippen molar-refractivity contribution in [3.8, 4) is 0 Å². The second kappa shape index (κ2) is 7.21. The molecular weight excluding hydrogens is 316 g/mol. The number of fused-ring (bicyclic) bond motifs is 1. The van der Waals surface area contributed by atoms with E-state index in [1.165, 1.54) is 7.11 Å². The maximum Gasteiger partial charge on any atom is 0.337 e. The molecular formula is C20H20N2O3. The van der Waals surface area contributed by atoms with Gasteiger partial charge in [0.1, 0.15) is 0 Å². The summed E-state index contributed by atoms with van der Waals surface area (Å²) in [7, 11) is 1.35. The largest absolute Gasteiger partial charge is 0.465 e. The number of hydrogen-bond donors (Lipinski definition) is 1. The molecule has 5 nitrogen and oxygen atoms in total. The Hall–Kier alpha value is -3.08. The molecule has 1 N–H and O–H groups in total. The summed E-state index contributed by atoms with van der Waals surface area (Å²) < 4.78 is 6.74. The van der Waals surface area contributed by atoms with Gasteiger partial charge in [-0.3, -0.25) is 4.79 Å². The average molecular weight is 336 g/mol. The zero-order valence-electron chi connectivity index (χ0n) is 14.3. The highest BCUT2D eigenvalue weighted by molar-refractivity contribution is 6.07. The first-order valence-electron chi connectivity index (χ1n) is 8.17. The van der Waals surface area contributed by atoms with Gasteiger partial charge in [0.2, 0.25) is 0 Å². The molecule has 25 heavy (non-hydrogen) atoms. The van der Waals surface area contributed by atoms with Crippen LogP contribution in [0.5, 0.6) is 0 Å². The van der Waals surface area contributed by atoms with Crippen LogP contribution >= 0.6 is 0 Å². The second-order valence-electron chi connectivity index (χ2n) is 5.72. The number of methoxy groups -OCH3 is 1. The summed E-state index contributed by atoms with van der Waals surface area (Å²) in [4.78, 5) is 24.0. The van der Waals surface area contributed by atoms with Crippen molar-refractivity contribution in [2.75, 3.05) is 7.11 Å². The number of aryl methyl sites for hydroxylation is 1. The quantitative estimate of drug-likeness (QED) is 0.727. The van der Waals surface area contributed by atoms with E-state index in [1.807, 2.05) is 42.6 Å². The van der Waals surface area contributed by atoms with Crippen LogP contribution in [0.4, 0.5) is 0 Å². The number of carbonyl (C=O) groups is 2. The lowest BCUT2D eigenvalue weighted by Gasteiger charge is -2.06. The van der Waals surface area contributed by atoms with Gasteiger partial charge in [0, 0.05) is 30.2 Å². The second-order valence-corrected chi connectivity index (χ2v) is 5.72. The van der Waals surface area contributed by atoms with Gasteiger partial charge in [-0.1, -0.05) is 30.3 Å². The third-order valence-corrected chi connectivity index (χ3v) is 4.20. The van der Waals surface area contributed by atoms with E-state index in [0.29, 0.717) is 17.7 Å². The van der Waals surface area contributed by atoms with Crippen molar-refractivity contribution < 1.29 is 14.3 Å². The standard InChI is InChI=1S/C20H20N2O3/c1-3-22-13-17(16-6-4-5-7-18(16)22)19(23)21-12-14-8-10-15(11-9-14)20(24)25-2/h4-11,13H,3,12H2,1-2H3,(H,21,23). The average Bonchev–Trinajstić information content (AvgIpc) is 3.05. The van der Waals surface area contributed by atoms with Crippen LogP contribution in [0.3, 0.4) is 0 Å². The molecule has 0 aliphatic rings. The minimum absolute atomic E-state index is 0.111. The van der Waals surface area contributed by atoms with Crippen LogP contribution in [0.25, 0.3) is 10.9 Å². The van der Waals surface area contributed by atoms with Crippen molar-refractivity contribution >= 4 is 22.8 Å². The molecule has 0 saturated heterocycles. The third kappa shape index (κ3) is 3.40. The summed E-state index contributed by atoms with van der Waals surface area (Å²) in [6, 6.07) is 14.9. The van der Waals surface area contributed by atoms with E-state index in [-0.39, 0.29) is 11.9 Å². The van der Waals surface area contributed by atoms with Crippen LogP contribution in [0.1, 0.15) is 33.2 Å². The van der Waals surface area contributed by atoms with Gasteiger partial charge in [0.25, 0.3) is 5.91 Å². The van der Waals surface area contributed by atoms with Crippen LogP contribution < -0.4 is 5.32 Å². The maximum absolute atomic E-state index is 12.6. The number of nitrogens with zero attached hydrogens (tertiary/aromatic N) is 1.